The molecular formula is C23H24Cl2N2O2. The van der Waals surface area contributed by atoms with Gasteiger partial charge in [0.15, 0.2) is 0 Å². The number of amides is 1. The van der Waals surface area contributed by atoms with Gasteiger partial charge in [0, 0.05) is 54.3 Å². The van der Waals surface area contributed by atoms with E-state index in [2.05, 4.69) is 4.57 Å². The zero-order valence-corrected chi connectivity index (χ0v) is 17.9. The molecule has 0 unspecified atom stereocenters. The molecule has 0 aliphatic heterocycles. The standard InChI is InChI=1S/C23H24Cl2N2O2/c1-29-14-4-13-27(23(28)19-8-10-20(24)11-9-19)17-22-7-3-12-26(22)16-18-5-2-6-21(25)15-18/h2-3,5-12,15H,4,13-14,16-17H2,1H3. The minimum Gasteiger partial charge on any atom is -0.385 e. The normalized spacial score (nSPS) is 10.9. The molecular weight excluding hydrogens is 407 g/mol. The Kier molecular flexibility index (Phi) is 7.76. The van der Waals surface area contributed by atoms with E-state index in [1.54, 1.807) is 31.4 Å². The van der Waals surface area contributed by atoms with E-state index in [-0.39, 0.29) is 5.91 Å². The van der Waals surface area contributed by atoms with Crippen LogP contribution in [0.4, 0.5) is 0 Å². The molecule has 152 valence electrons. The highest BCUT2D eigenvalue weighted by Gasteiger charge is 2.17. The van der Waals surface area contributed by atoms with E-state index in [9.17, 15) is 4.79 Å². The van der Waals surface area contributed by atoms with Crippen LogP contribution in [-0.2, 0) is 17.8 Å². The predicted molar refractivity (Wildman–Crippen MR) is 118 cm³/mol. The lowest BCUT2D eigenvalue weighted by molar-refractivity contribution is 0.0720. The van der Waals surface area contributed by atoms with Gasteiger partial charge in [-0.05, 0) is 60.5 Å². The van der Waals surface area contributed by atoms with Gasteiger partial charge in [0.05, 0.1) is 6.54 Å². The highest BCUT2D eigenvalue weighted by Crippen LogP contribution is 2.17. The molecule has 0 aliphatic carbocycles. The summed E-state index contributed by atoms with van der Waals surface area (Å²) in [4.78, 5) is 15.0. The largest absolute Gasteiger partial charge is 0.385 e. The van der Waals surface area contributed by atoms with Gasteiger partial charge in [0.1, 0.15) is 0 Å². The van der Waals surface area contributed by atoms with Crippen molar-refractivity contribution in [3.8, 4) is 0 Å². The molecule has 0 saturated carbocycles. The summed E-state index contributed by atoms with van der Waals surface area (Å²) in [6.45, 7) is 2.42. The second-order valence-corrected chi connectivity index (χ2v) is 7.71. The molecule has 0 radical (unpaired) electrons. The quantitative estimate of drug-likeness (QED) is 0.418. The molecule has 0 aliphatic rings. The van der Waals surface area contributed by atoms with E-state index < -0.39 is 0 Å². The maximum Gasteiger partial charge on any atom is 0.254 e. The SMILES string of the molecule is COCCCN(Cc1cccn1Cc1cccc(Cl)c1)C(=O)c1ccc(Cl)cc1. The number of carbonyl (C=O) groups excluding carboxylic acids is 1. The molecule has 0 N–H and O–H groups in total. The first-order chi connectivity index (χ1) is 14.1. The van der Waals surface area contributed by atoms with Gasteiger partial charge in [0.2, 0.25) is 0 Å². The minimum absolute atomic E-state index is 0.0201. The molecule has 0 atom stereocenters. The fourth-order valence-corrected chi connectivity index (χ4v) is 3.54. The van der Waals surface area contributed by atoms with Gasteiger partial charge in [-0.15, -0.1) is 0 Å². The molecule has 0 spiro atoms. The second kappa shape index (κ2) is 10.5. The first-order valence-corrected chi connectivity index (χ1v) is 10.2. The average molecular weight is 431 g/mol. The van der Waals surface area contributed by atoms with Crippen molar-refractivity contribution in [3.63, 3.8) is 0 Å². The Labute approximate surface area is 181 Å². The summed E-state index contributed by atoms with van der Waals surface area (Å²) in [6, 6.07) is 18.9. The Morgan fingerprint density at radius 1 is 1.03 bits per heavy atom. The van der Waals surface area contributed by atoms with Gasteiger partial charge in [0.25, 0.3) is 5.91 Å². The van der Waals surface area contributed by atoms with Crippen molar-refractivity contribution in [1.82, 2.24) is 9.47 Å². The average Bonchev–Trinajstić information content (AvgIpc) is 3.14. The number of benzene rings is 2. The Morgan fingerprint density at radius 3 is 2.55 bits per heavy atom. The zero-order chi connectivity index (χ0) is 20.6. The Balaban J connectivity index is 1.78. The number of carbonyl (C=O) groups is 1. The number of nitrogens with zero attached hydrogens (tertiary/aromatic N) is 2. The summed E-state index contributed by atoms with van der Waals surface area (Å²) in [5, 5.41) is 1.33. The fraction of sp³-hybridized carbons (Fsp3) is 0.261. The van der Waals surface area contributed by atoms with Crippen LogP contribution in [0.5, 0.6) is 0 Å². The molecule has 4 nitrogen and oxygen atoms in total. The summed E-state index contributed by atoms with van der Waals surface area (Å²) < 4.78 is 7.31. The van der Waals surface area contributed by atoms with E-state index >= 15 is 0 Å². The molecule has 2 aromatic carbocycles. The number of hydrogen-bond acceptors (Lipinski definition) is 2. The first kappa shape index (κ1) is 21.4. The van der Waals surface area contributed by atoms with Crippen molar-refractivity contribution in [2.75, 3.05) is 20.3 Å². The summed E-state index contributed by atoms with van der Waals surface area (Å²) in [5.74, 6) is -0.0201. The molecule has 1 aromatic heterocycles. The van der Waals surface area contributed by atoms with Crippen molar-refractivity contribution in [3.05, 3.63) is 93.7 Å². The van der Waals surface area contributed by atoms with Crippen molar-refractivity contribution < 1.29 is 9.53 Å². The zero-order valence-electron chi connectivity index (χ0n) is 16.4. The molecule has 3 rings (SSSR count). The number of ether oxygens (including phenoxy) is 1. The third kappa shape index (κ3) is 6.10. The molecule has 6 heteroatoms. The van der Waals surface area contributed by atoms with E-state index in [1.807, 2.05) is 47.5 Å². The number of aromatic nitrogens is 1. The van der Waals surface area contributed by atoms with Crippen molar-refractivity contribution in [1.29, 1.82) is 0 Å². The molecule has 0 bridgehead atoms. The number of rotatable bonds is 9. The Bertz CT molecular complexity index is 938. The van der Waals surface area contributed by atoms with Crippen LogP contribution in [0.15, 0.2) is 66.9 Å². The summed E-state index contributed by atoms with van der Waals surface area (Å²) in [5.41, 5.74) is 2.80. The lowest BCUT2D eigenvalue weighted by Gasteiger charge is -2.24. The Hall–Kier alpha value is -2.27. The van der Waals surface area contributed by atoms with Gasteiger partial charge >= 0.3 is 0 Å². The van der Waals surface area contributed by atoms with Crippen molar-refractivity contribution in [2.24, 2.45) is 0 Å². The molecule has 29 heavy (non-hydrogen) atoms. The maximum absolute atomic E-state index is 13.1. The van der Waals surface area contributed by atoms with E-state index in [0.29, 0.717) is 36.8 Å². The van der Waals surface area contributed by atoms with Gasteiger partial charge in [-0.2, -0.15) is 0 Å². The second-order valence-electron chi connectivity index (χ2n) is 6.84. The minimum atomic E-state index is -0.0201. The van der Waals surface area contributed by atoms with Crippen LogP contribution in [0.2, 0.25) is 10.0 Å². The monoisotopic (exact) mass is 430 g/mol. The fourth-order valence-electron chi connectivity index (χ4n) is 3.20. The van der Waals surface area contributed by atoms with Crippen LogP contribution in [-0.4, -0.2) is 35.6 Å². The van der Waals surface area contributed by atoms with Crippen LogP contribution in [0.3, 0.4) is 0 Å². The van der Waals surface area contributed by atoms with Crippen molar-refractivity contribution in [2.45, 2.75) is 19.5 Å². The first-order valence-electron chi connectivity index (χ1n) is 9.49. The van der Waals surface area contributed by atoms with E-state index in [0.717, 1.165) is 22.7 Å². The highest BCUT2D eigenvalue weighted by molar-refractivity contribution is 6.30. The van der Waals surface area contributed by atoms with Crippen LogP contribution < -0.4 is 0 Å². The molecule has 0 saturated heterocycles. The number of methoxy groups -OCH3 is 1. The predicted octanol–water partition coefficient (Wildman–Crippen LogP) is 5.52. The van der Waals surface area contributed by atoms with Gasteiger partial charge in [-0.3, -0.25) is 4.79 Å². The van der Waals surface area contributed by atoms with Crippen molar-refractivity contribution >= 4 is 29.1 Å². The number of hydrogen-bond donors (Lipinski definition) is 0. The number of halogens is 2. The van der Waals surface area contributed by atoms with Gasteiger partial charge in [-0.1, -0.05) is 35.3 Å². The van der Waals surface area contributed by atoms with Crippen LogP contribution in [0.25, 0.3) is 0 Å². The Morgan fingerprint density at radius 2 is 1.83 bits per heavy atom. The van der Waals surface area contributed by atoms with Crippen LogP contribution >= 0.6 is 23.2 Å². The molecule has 1 heterocycles. The summed E-state index contributed by atoms with van der Waals surface area (Å²) in [7, 11) is 1.67. The third-order valence-electron chi connectivity index (χ3n) is 4.67. The maximum atomic E-state index is 13.1. The molecule has 1 amide bonds. The smallest absolute Gasteiger partial charge is 0.254 e. The van der Waals surface area contributed by atoms with E-state index in [4.69, 9.17) is 27.9 Å². The summed E-state index contributed by atoms with van der Waals surface area (Å²) in [6.07, 6.45) is 2.79. The van der Waals surface area contributed by atoms with E-state index in [1.165, 1.54) is 0 Å². The van der Waals surface area contributed by atoms with Crippen LogP contribution in [0, 0.1) is 0 Å². The third-order valence-corrected chi connectivity index (χ3v) is 5.16. The molecule has 0 fully saturated rings. The van der Waals surface area contributed by atoms with Gasteiger partial charge < -0.3 is 14.2 Å². The topological polar surface area (TPSA) is 34.5 Å². The van der Waals surface area contributed by atoms with Crippen LogP contribution in [0.1, 0.15) is 28.0 Å². The van der Waals surface area contributed by atoms with Gasteiger partial charge in [-0.25, -0.2) is 0 Å². The molecule has 3 aromatic rings. The lowest BCUT2D eigenvalue weighted by Crippen LogP contribution is -2.33. The summed E-state index contributed by atoms with van der Waals surface area (Å²) >= 11 is 12.1. The lowest BCUT2D eigenvalue weighted by atomic mass is 10.2. The highest BCUT2D eigenvalue weighted by atomic mass is 35.5.